The molecule has 0 atom stereocenters. The van der Waals surface area contributed by atoms with E-state index in [2.05, 4.69) is 76.1 Å². The number of H-pyrrole nitrogens is 3. The maximum atomic E-state index is 11.1. The highest BCUT2D eigenvalue weighted by Crippen LogP contribution is 2.25. The molecule has 0 aromatic carbocycles. The lowest BCUT2D eigenvalue weighted by atomic mass is 10.1. The van der Waals surface area contributed by atoms with Gasteiger partial charge in [0.2, 0.25) is 23.1 Å². The smallest absolute Gasteiger partial charge is 0.280 e. The molecule has 21 nitrogen and oxygen atoms in total. The van der Waals surface area contributed by atoms with Crippen LogP contribution in [0, 0.1) is 17.8 Å². The highest BCUT2D eigenvalue weighted by molar-refractivity contribution is 7.05. The van der Waals surface area contributed by atoms with Gasteiger partial charge < -0.3 is 34.6 Å². The molecule has 0 fully saturated rings. The first-order chi connectivity index (χ1) is 32.1. The van der Waals surface area contributed by atoms with Crippen LogP contribution in [0.5, 0.6) is 11.5 Å². The van der Waals surface area contributed by atoms with E-state index >= 15 is 0 Å². The van der Waals surface area contributed by atoms with Crippen molar-refractivity contribution in [3.05, 3.63) is 101 Å². The van der Waals surface area contributed by atoms with Gasteiger partial charge in [0.25, 0.3) is 11.1 Å². The Labute approximate surface area is 413 Å². The lowest BCUT2D eigenvalue weighted by Crippen LogP contribution is -2.22. The number of rotatable bonds is 8. The van der Waals surface area contributed by atoms with Crippen LogP contribution in [0.2, 0.25) is 0 Å². The minimum absolute atomic E-state index is 0.0173. The topological polar surface area (TPSA) is 309 Å². The molecular weight excluding hydrogens is 931 g/mol. The molecular formula is C46H77N11O10S2. The summed E-state index contributed by atoms with van der Waals surface area (Å²) in [5.41, 5.74) is 3.47. The predicted octanol–water partition coefficient (Wildman–Crippen LogP) is 8.24. The molecule has 5 aromatic heterocycles. The van der Waals surface area contributed by atoms with Crippen LogP contribution in [0.4, 0.5) is 0 Å². The number of hydrogen-bond acceptors (Lipinski definition) is 18. The van der Waals surface area contributed by atoms with E-state index in [9.17, 15) is 24.0 Å². The first kappa shape index (κ1) is 64.7. The normalized spacial score (nSPS) is 11.1. The van der Waals surface area contributed by atoms with Gasteiger partial charge in [-0.15, -0.1) is 10.2 Å². The molecule has 388 valence electrons. The second kappa shape index (κ2) is 34.9. The van der Waals surface area contributed by atoms with Crippen molar-refractivity contribution >= 4 is 40.7 Å². The Morgan fingerprint density at radius 2 is 1.30 bits per heavy atom. The molecule has 1 aliphatic rings. The number of aromatic amines is 3. The molecule has 0 spiro atoms. The number of aromatic hydroxyl groups is 2. The number of amidine groups is 1. The van der Waals surface area contributed by atoms with Crippen molar-refractivity contribution < 1.29 is 33.6 Å². The summed E-state index contributed by atoms with van der Waals surface area (Å²) < 4.78 is 16.2. The van der Waals surface area contributed by atoms with E-state index in [0.717, 1.165) is 28.5 Å². The Hall–Kier alpha value is -6.36. The quantitative estimate of drug-likeness (QED) is 0.0726. The van der Waals surface area contributed by atoms with Gasteiger partial charge in [-0.1, -0.05) is 128 Å². The van der Waals surface area contributed by atoms with Crippen LogP contribution in [0.1, 0.15) is 168 Å². The third kappa shape index (κ3) is 28.5. The highest BCUT2D eigenvalue weighted by atomic mass is 32.1. The van der Waals surface area contributed by atoms with E-state index in [1.54, 1.807) is 25.5 Å². The van der Waals surface area contributed by atoms with E-state index in [0.29, 0.717) is 46.6 Å². The number of amides is 2. The van der Waals surface area contributed by atoms with Gasteiger partial charge in [0, 0.05) is 72.2 Å². The summed E-state index contributed by atoms with van der Waals surface area (Å²) in [5, 5.41) is 40.3. The lowest BCUT2D eigenvalue weighted by molar-refractivity contribution is -0.124. The van der Waals surface area contributed by atoms with Crippen molar-refractivity contribution in [2.75, 3.05) is 14.1 Å². The standard InChI is InChI=1S/C8H10O3.C6H10N2O.C6H9NO2.2C6H9NOS.2C5H11NO.C4H8N4/c1-5(2)6-3-11-4-7(9)8(6)10;1-4(2)6-7-5(3)9-8-6;1-4(2)5-3-6(8)7-9-5;1-4(2)6-5(8)3-9-7-6;1-4(2)5-3-6(8)7-9-5;2*1-4(2)5(7)6-3;1-3(2)4-5-7-8-6-4/h3-5,9H,1-2H3;4H,3H2,1-2H3,(H,7,8);3-4H,1-2H3,(H,7,8);3-4,8H,1-2H3;3-4H,1-2H3,(H,7,8);2*4H,1-3H3,(H,6,7);3H,1-2H3,(H,5,6,7,8). The van der Waals surface area contributed by atoms with Gasteiger partial charge in [-0.2, -0.15) is 19.7 Å². The molecule has 1 aliphatic heterocycles. The van der Waals surface area contributed by atoms with Crippen LogP contribution in [0.3, 0.4) is 0 Å². The first-order valence-corrected chi connectivity index (χ1v) is 23.9. The van der Waals surface area contributed by atoms with E-state index in [1.165, 1.54) is 35.4 Å². The van der Waals surface area contributed by atoms with Crippen molar-refractivity contribution in [3.8, 4) is 11.5 Å². The van der Waals surface area contributed by atoms with Crippen LogP contribution < -0.4 is 32.7 Å². The van der Waals surface area contributed by atoms with Gasteiger partial charge in [-0.25, -0.2) is 5.48 Å². The minimum atomic E-state index is -0.341. The van der Waals surface area contributed by atoms with E-state index in [-0.39, 0.29) is 57.8 Å². The predicted molar refractivity (Wildman–Crippen MR) is 273 cm³/mol. The fourth-order valence-electron chi connectivity index (χ4n) is 4.16. The van der Waals surface area contributed by atoms with Crippen LogP contribution in [0.25, 0.3) is 0 Å². The third-order valence-electron chi connectivity index (χ3n) is 8.33. The van der Waals surface area contributed by atoms with E-state index in [4.69, 9.17) is 24.0 Å². The Morgan fingerprint density at radius 3 is 1.52 bits per heavy atom. The Morgan fingerprint density at radius 1 is 0.725 bits per heavy atom. The highest BCUT2D eigenvalue weighted by Gasteiger charge is 2.12. The zero-order valence-corrected chi connectivity index (χ0v) is 45.1. The number of nitrogens with one attached hydrogen (secondary N) is 6. The Balaban J connectivity index is 0. The second-order valence-corrected chi connectivity index (χ2v) is 18.7. The van der Waals surface area contributed by atoms with E-state index in [1.807, 2.05) is 96.9 Å². The number of tetrazole rings is 1. The van der Waals surface area contributed by atoms with Crippen LogP contribution in [0.15, 0.2) is 70.8 Å². The SMILES string of the molecule is C=C1N=C(C(C)C)NO1.CC(C)c1cc(=O)[nH]o1.CC(C)c1cc(=O)[nH]s1.CC(C)c1cocc(O)c1=O.CC(C)c1nn[nH]n1.CC(C)c1nscc1O.CNC(=O)C(C)C.CNC(=O)C(C)C. The van der Waals surface area contributed by atoms with Crippen molar-refractivity contribution in [3.63, 3.8) is 0 Å². The summed E-state index contributed by atoms with van der Waals surface area (Å²) >= 11 is 2.71. The summed E-state index contributed by atoms with van der Waals surface area (Å²) in [6.07, 6.45) is 2.40. The lowest BCUT2D eigenvalue weighted by Gasteiger charge is -2.01. The number of carbonyl (C=O) groups is 2. The van der Waals surface area contributed by atoms with Gasteiger partial charge >= 0.3 is 0 Å². The van der Waals surface area contributed by atoms with Gasteiger partial charge in [-0.3, -0.25) is 28.3 Å². The summed E-state index contributed by atoms with van der Waals surface area (Å²) in [4.78, 5) is 62.8. The molecule has 0 saturated heterocycles. The van der Waals surface area contributed by atoms with Gasteiger partial charge in [0.15, 0.2) is 11.6 Å². The average molecular weight is 1010 g/mol. The molecule has 0 aliphatic carbocycles. The maximum absolute atomic E-state index is 11.1. The minimum Gasteiger partial charge on any atom is -0.505 e. The molecule has 2 amide bonds. The largest absolute Gasteiger partial charge is 0.505 e. The second-order valence-electron chi connectivity index (χ2n) is 17.2. The average Bonchev–Trinajstić information content (AvgIpc) is 4.15. The molecule has 6 heterocycles. The first-order valence-electron chi connectivity index (χ1n) is 22.3. The molecule has 0 bridgehead atoms. The maximum Gasteiger partial charge on any atom is 0.280 e. The van der Waals surface area contributed by atoms with Gasteiger partial charge in [0.05, 0.1) is 17.3 Å². The zero-order chi connectivity index (χ0) is 53.6. The zero-order valence-electron chi connectivity index (χ0n) is 43.4. The molecule has 69 heavy (non-hydrogen) atoms. The molecule has 0 radical (unpaired) electrons. The monoisotopic (exact) mass is 1010 g/mol. The summed E-state index contributed by atoms with van der Waals surface area (Å²) in [5.74, 6) is 5.11. The van der Waals surface area contributed by atoms with Crippen molar-refractivity contribution in [2.45, 2.75) is 140 Å². The summed E-state index contributed by atoms with van der Waals surface area (Å²) in [6.45, 7) is 34.9. The number of aliphatic imine (C=N–C) groups is 1. The van der Waals surface area contributed by atoms with Gasteiger partial charge in [0.1, 0.15) is 23.6 Å². The number of carbonyl (C=O) groups excluding carboxylic acids is 2. The third-order valence-corrected chi connectivity index (χ3v) is 10.1. The number of hydrogen-bond donors (Lipinski definition) is 8. The van der Waals surface area contributed by atoms with Crippen molar-refractivity contribution in [2.24, 2.45) is 22.7 Å². The summed E-state index contributed by atoms with van der Waals surface area (Å²) in [7, 11) is 3.28. The molecule has 6 rings (SSSR count). The number of nitrogens with zero attached hydrogens (tertiary/aromatic N) is 5. The van der Waals surface area contributed by atoms with Crippen molar-refractivity contribution in [1.29, 1.82) is 0 Å². The van der Waals surface area contributed by atoms with Crippen LogP contribution in [-0.4, -0.2) is 76.5 Å². The summed E-state index contributed by atoms with van der Waals surface area (Å²) in [6, 6.07) is 3.11. The molecule has 8 N–H and O–H groups in total. The van der Waals surface area contributed by atoms with Crippen LogP contribution >= 0.6 is 23.1 Å². The molecule has 0 unspecified atom stereocenters. The Kier molecular flexibility index (Phi) is 32.7. The molecule has 5 aromatic rings. The fourth-order valence-corrected chi connectivity index (χ4v) is 5.53. The van der Waals surface area contributed by atoms with E-state index < -0.39 is 0 Å². The fraction of sp³-hybridized carbons (Fsp3) is 0.565. The van der Waals surface area contributed by atoms with Crippen LogP contribution in [-0.2, 0) is 14.4 Å². The molecule has 0 saturated carbocycles. The van der Waals surface area contributed by atoms with Crippen molar-refractivity contribution in [1.82, 2.24) is 50.6 Å². The molecule has 23 heteroatoms. The Bertz CT molecular complexity index is 2300. The number of hydroxylamine groups is 1. The van der Waals surface area contributed by atoms with Gasteiger partial charge in [-0.05, 0) is 29.9 Å². The number of aromatic nitrogens is 7.